The predicted octanol–water partition coefficient (Wildman–Crippen LogP) is -1.56. The zero-order valence-corrected chi connectivity index (χ0v) is 6.09. The first-order valence-electron chi connectivity index (χ1n) is 3.63. The zero-order chi connectivity index (χ0) is 7.78. The normalized spacial score (nSPS) is 39.6. The van der Waals surface area contributed by atoms with Gasteiger partial charge < -0.3 is 22.9 Å². The molecule has 1 fully saturated rings. The lowest BCUT2D eigenvalue weighted by Gasteiger charge is -2.39. The molecule has 10 heavy (non-hydrogen) atoms. The monoisotopic (exact) mass is 144 g/mol. The average Bonchev–Trinajstić information content (AvgIpc) is 1.83. The molecule has 0 aromatic heterocycles. The quantitative estimate of drug-likeness (QED) is 0.308. The molecular weight excluding hydrogens is 128 g/mol. The van der Waals surface area contributed by atoms with E-state index in [0.717, 1.165) is 19.3 Å². The van der Waals surface area contributed by atoms with E-state index in [4.69, 9.17) is 22.9 Å². The summed E-state index contributed by atoms with van der Waals surface area (Å²) in [6.07, 6.45) is 2.71. The van der Waals surface area contributed by atoms with E-state index in [1.54, 1.807) is 0 Å². The Balaban J connectivity index is 2.60. The van der Waals surface area contributed by atoms with Crippen molar-refractivity contribution in [3.63, 3.8) is 0 Å². The molecule has 0 aromatic rings. The van der Waals surface area contributed by atoms with Crippen LogP contribution >= 0.6 is 0 Å². The highest BCUT2D eigenvalue weighted by Crippen LogP contribution is 2.19. The van der Waals surface area contributed by atoms with Crippen LogP contribution in [0.1, 0.15) is 19.3 Å². The minimum Gasteiger partial charge on any atom is -0.326 e. The Kier molecular flexibility index (Phi) is 1.96. The van der Waals surface area contributed by atoms with Gasteiger partial charge in [0.05, 0.1) is 11.7 Å². The molecule has 0 heterocycles. The van der Waals surface area contributed by atoms with E-state index in [0.29, 0.717) is 0 Å². The van der Waals surface area contributed by atoms with Crippen LogP contribution in [0.4, 0.5) is 0 Å². The largest absolute Gasteiger partial charge is 0.326 e. The second-order valence-electron chi connectivity index (χ2n) is 3.19. The van der Waals surface area contributed by atoms with Crippen molar-refractivity contribution in [1.82, 2.24) is 0 Å². The van der Waals surface area contributed by atoms with Gasteiger partial charge in [0.15, 0.2) is 0 Å². The van der Waals surface area contributed by atoms with Crippen molar-refractivity contribution in [1.29, 1.82) is 0 Å². The fourth-order valence-electron chi connectivity index (χ4n) is 1.39. The van der Waals surface area contributed by atoms with Crippen molar-refractivity contribution in [2.45, 2.75) is 37.0 Å². The first-order valence-corrected chi connectivity index (χ1v) is 3.63. The lowest BCUT2D eigenvalue weighted by atomic mass is 9.83. The fraction of sp³-hybridized carbons (Fsp3) is 1.00. The van der Waals surface area contributed by atoms with Gasteiger partial charge in [-0.25, -0.2) is 0 Å². The molecule has 0 bridgehead atoms. The van der Waals surface area contributed by atoms with Gasteiger partial charge in [0.2, 0.25) is 0 Å². The number of hydrogen-bond acceptors (Lipinski definition) is 4. The van der Waals surface area contributed by atoms with Crippen LogP contribution in [0, 0.1) is 0 Å². The average molecular weight is 144 g/mol. The Morgan fingerprint density at radius 2 is 1.80 bits per heavy atom. The summed E-state index contributed by atoms with van der Waals surface area (Å²) in [7, 11) is 0. The Labute approximate surface area is 60.9 Å². The molecule has 60 valence electrons. The lowest BCUT2D eigenvalue weighted by Crippen LogP contribution is -2.69. The molecule has 0 aromatic carbocycles. The first-order chi connectivity index (χ1) is 4.54. The van der Waals surface area contributed by atoms with Gasteiger partial charge in [-0.05, 0) is 19.3 Å². The van der Waals surface area contributed by atoms with Crippen LogP contribution < -0.4 is 22.9 Å². The lowest BCUT2D eigenvalue weighted by molar-refractivity contribution is 0.233. The molecule has 1 aliphatic rings. The highest BCUT2D eigenvalue weighted by molar-refractivity contribution is 4.98. The van der Waals surface area contributed by atoms with Crippen LogP contribution in [0.25, 0.3) is 0 Å². The summed E-state index contributed by atoms with van der Waals surface area (Å²) in [4.78, 5) is 0. The number of rotatable bonds is 0. The molecular formula is C6H16N4. The molecule has 4 nitrogen and oxygen atoms in total. The fourth-order valence-corrected chi connectivity index (χ4v) is 1.39. The van der Waals surface area contributed by atoms with Gasteiger partial charge in [-0.2, -0.15) is 0 Å². The van der Waals surface area contributed by atoms with Gasteiger partial charge in [0.25, 0.3) is 0 Å². The molecule has 2 atom stereocenters. The summed E-state index contributed by atoms with van der Waals surface area (Å²) in [5, 5.41) is 0. The van der Waals surface area contributed by atoms with E-state index in [-0.39, 0.29) is 12.1 Å². The second kappa shape index (κ2) is 2.47. The van der Waals surface area contributed by atoms with Crippen LogP contribution in [0.2, 0.25) is 0 Å². The maximum Gasteiger partial charge on any atom is 0.0807 e. The topological polar surface area (TPSA) is 104 Å². The van der Waals surface area contributed by atoms with Gasteiger partial charge in [-0.3, -0.25) is 0 Å². The van der Waals surface area contributed by atoms with E-state index in [2.05, 4.69) is 0 Å². The molecule has 1 rings (SSSR count). The maximum atomic E-state index is 5.68. The Morgan fingerprint density at radius 3 is 2.20 bits per heavy atom. The Bertz CT molecular complexity index is 123. The maximum absolute atomic E-state index is 5.68. The van der Waals surface area contributed by atoms with E-state index in [9.17, 15) is 0 Å². The standard InChI is InChI=1S/C6H16N4/c7-4-2-1-3-6(9,10)5(4)8/h4-5H,1-3,7-10H2. The molecule has 1 saturated carbocycles. The third kappa shape index (κ3) is 1.29. The molecule has 4 heteroatoms. The summed E-state index contributed by atoms with van der Waals surface area (Å²) in [6, 6.07) is -0.273. The van der Waals surface area contributed by atoms with Gasteiger partial charge >= 0.3 is 0 Å². The highest BCUT2D eigenvalue weighted by Gasteiger charge is 2.35. The Hall–Kier alpha value is -0.160. The van der Waals surface area contributed by atoms with Gasteiger partial charge in [-0.1, -0.05) is 0 Å². The molecule has 0 radical (unpaired) electrons. The van der Waals surface area contributed by atoms with Crippen LogP contribution in [0.15, 0.2) is 0 Å². The highest BCUT2D eigenvalue weighted by atomic mass is 15.0. The molecule has 0 spiro atoms. The van der Waals surface area contributed by atoms with Gasteiger partial charge in [0, 0.05) is 6.04 Å². The molecule has 0 amide bonds. The number of hydrogen-bond donors (Lipinski definition) is 4. The zero-order valence-electron chi connectivity index (χ0n) is 6.09. The van der Waals surface area contributed by atoms with Crippen molar-refractivity contribution < 1.29 is 0 Å². The predicted molar refractivity (Wildman–Crippen MR) is 40.9 cm³/mol. The van der Waals surface area contributed by atoms with Crippen molar-refractivity contribution >= 4 is 0 Å². The molecule has 8 N–H and O–H groups in total. The molecule has 1 aliphatic carbocycles. The third-order valence-corrected chi connectivity index (χ3v) is 2.23. The summed E-state index contributed by atoms with van der Waals surface area (Å²) >= 11 is 0. The minimum atomic E-state index is -0.738. The third-order valence-electron chi connectivity index (χ3n) is 2.23. The van der Waals surface area contributed by atoms with Crippen LogP contribution in [0.3, 0.4) is 0 Å². The van der Waals surface area contributed by atoms with Crippen LogP contribution in [-0.2, 0) is 0 Å². The van der Waals surface area contributed by atoms with E-state index in [1.165, 1.54) is 0 Å². The molecule has 0 aliphatic heterocycles. The SMILES string of the molecule is NC1CCCC(N)(N)C1N. The minimum absolute atomic E-state index is 0.0243. The summed E-state index contributed by atoms with van der Waals surface area (Å²) in [5.74, 6) is 0. The van der Waals surface area contributed by atoms with Gasteiger partial charge in [0.1, 0.15) is 0 Å². The van der Waals surface area contributed by atoms with Crippen molar-refractivity contribution in [2.24, 2.45) is 22.9 Å². The number of nitrogens with two attached hydrogens (primary N) is 4. The summed E-state index contributed by atoms with van der Waals surface area (Å²) in [5.41, 5.74) is 22.0. The summed E-state index contributed by atoms with van der Waals surface area (Å²) in [6.45, 7) is 0. The molecule has 0 saturated heterocycles. The van der Waals surface area contributed by atoms with Gasteiger partial charge in [-0.15, -0.1) is 0 Å². The summed E-state index contributed by atoms with van der Waals surface area (Å²) < 4.78 is 0. The smallest absolute Gasteiger partial charge is 0.0807 e. The van der Waals surface area contributed by atoms with Crippen molar-refractivity contribution in [3.05, 3.63) is 0 Å². The van der Waals surface area contributed by atoms with Crippen molar-refractivity contribution in [2.75, 3.05) is 0 Å². The first kappa shape index (κ1) is 7.94. The van der Waals surface area contributed by atoms with Crippen LogP contribution in [0.5, 0.6) is 0 Å². The van der Waals surface area contributed by atoms with Crippen molar-refractivity contribution in [3.8, 4) is 0 Å². The van der Waals surface area contributed by atoms with E-state index in [1.807, 2.05) is 0 Å². The Morgan fingerprint density at radius 1 is 1.20 bits per heavy atom. The van der Waals surface area contributed by atoms with E-state index < -0.39 is 5.66 Å². The van der Waals surface area contributed by atoms with Crippen LogP contribution in [-0.4, -0.2) is 17.7 Å². The van der Waals surface area contributed by atoms with E-state index >= 15 is 0 Å². The second-order valence-corrected chi connectivity index (χ2v) is 3.19. The molecule has 2 unspecified atom stereocenters.